The topological polar surface area (TPSA) is 34.9 Å². The van der Waals surface area contributed by atoms with Gasteiger partial charge in [0.2, 0.25) is 0 Å². The molecule has 0 saturated heterocycles. The van der Waals surface area contributed by atoms with Gasteiger partial charge in [-0.1, -0.05) is 31.9 Å². The van der Waals surface area contributed by atoms with Gasteiger partial charge in [0.05, 0.1) is 6.33 Å². The molecule has 0 radical (unpaired) electrons. The van der Waals surface area contributed by atoms with Crippen molar-refractivity contribution in [2.24, 2.45) is 5.92 Å². The molecule has 0 aromatic carbocycles. The zero-order chi connectivity index (χ0) is 11.4. The normalized spacial score (nSPS) is 12.8. The summed E-state index contributed by atoms with van der Waals surface area (Å²) in [6.45, 7) is 4.95. The number of hydrogen-bond acceptors (Lipinski definition) is 2. The van der Waals surface area contributed by atoms with E-state index in [1.807, 2.05) is 0 Å². The van der Waals surface area contributed by atoms with Crippen LogP contribution in [-0.4, -0.2) is 9.55 Å². The molecule has 0 N–H and O–H groups in total. The van der Waals surface area contributed by atoms with Crippen LogP contribution in [0.1, 0.15) is 26.7 Å². The van der Waals surface area contributed by atoms with E-state index in [9.17, 15) is 4.79 Å². The Kier molecular flexibility index (Phi) is 4.80. The zero-order valence-electron chi connectivity index (χ0n) is 8.83. The standard InChI is InChI=1S/C10H14BrClN2O/c1-3-4-7(2)5-14-6-13-9(12)8(11)10(14)15/h6-7H,3-5H2,1-2H3. The molecule has 0 aliphatic rings. The van der Waals surface area contributed by atoms with Gasteiger partial charge in [-0.15, -0.1) is 0 Å². The van der Waals surface area contributed by atoms with Gasteiger partial charge >= 0.3 is 0 Å². The van der Waals surface area contributed by atoms with E-state index in [1.165, 1.54) is 6.33 Å². The van der Waals surface area contributed by atoms with Crippen LogP contribution in [0, 0.1) is 5.92 Å². The van der Waals surface area contributed by atoms with E-state index in [0.29, 0.717) is 16.9 Å². The van der Waals surface area contributed by atoms with E-state index < -0.39 is 0 Å². The van der Waals surface area contributed by atoms with Gasteiger partial charge in [-0.25, -0.2) is 4.98 Å². The zero-order valence-corrected chi connectivity index (χ0v) is 11.2. The molecule has 1 unspecified atom stereocenters. The van der Waals surface area contributed by atoms with Gasteiger partial charge in [-0.3, -0.25) is 9.36 Å². The molecule has 84 valence electrons. The lowest BCUT2D eigenvalue weighted by molar-refractivity contribution is 0.434. The lowest BCUT2D eigenvalue weighted by atomic mass is 10.1. The molecular formula is C10H14BrClN2O. The van der Waals surface area contributed by atoms with Crippen LogP contribution < -0.4 is 5.56 Å². The number of nitrogens with zero attached hydrogens (tertiary/aromatic N) is 2. The summed E-state index contributed by atoms with van der Waals surface area (Å²) in [5, 5.41) is 0.222. The number of halogens is 2. The lowest BCUT2D eigenvalue weighted by Gasteiger charge is -2.12. The third-order valence-electron chi connectivity index (χ3n) is 2.23. The van der Waals surface area contributed by atoms with Gasteiger partial charge in [0.1, 0.15) is 4.47 Å². The summed E-state index contributed by atoms with van der Waals surface area (Å²) in [6.07, 6.45) is 3.73. The predicted molar refractivity (Wildman–Crippen MR) is 65.3 cm³/mol. The number of rotatable bonds is 4. The molecule has 15 heavy (non-hydrogen) atoms. The first-order chi connectivity index (χ1) is 7.06. The fourth-order valence-corrected chi connectivity index (χ4v) is 1.95. The van der Waals surface area contributed by atoms with E-state index in [1.54, 1.807) is 4.57 Å². The maximum absolute atomic E-state index is 11.7. The Morgan fingerprint density at radius 1 is 1.67 bits per heavy atom. The average Bonchev–Trinajstić information content (AvgIpc) is 2.20. The summed E-state index contributed by atoms with van der Waals surface area (Å²) in [7, 11) is 0. The Labute approximate surface area is 103 Å². The minimum absolute atomic E-state index is 0.113. The molecule has 0 spiro atoms. The van der Waals surface area contributed by atoms with Crippen LogP contribution in [0.25, 0.3) is 0 Å². The maximum Gasteiger partial charge on any atom is 0.269 e. The second-order valence-electron chi connectivity index (χ2n) is 3.70. The summed E-state index contributed by atoms with van der Waals surface area (Å²) in [5.74, 6) is 0.475. The van der Waals surface area contributed by atoms with Crippen LogP contribution in [0.3, 0.4) is 0 Å². The summed E-state index contributed by atoms with van der Waals surface area (Å²) in [6, 6.07) is 0. The number of aromatic nitrogens is 2. The van der Waals surface area contributed by atoms with E-state index in [-0.39, 0.29) is 10.7 Å². The minimum Gasteiger partial charge on any atom is -0.298 e. The predicted octanol–water partition coefficient (Wildman–Crippen LogP) is 3.10. The molecular weight excluding hydrogens is 279 g/mol. The van der Waals surface area contributed by atoms with Crippen molar-refractivity contribution >= 4 is 27.5 Å². The molecule has 0 saturated carbocycles. The third-order valence-corrected chi connectivity index (χ3v) is 3.46. The van der Waals surface area contributed by atoms with Crippen LogP contribution >= 0.6 is 27.5 Å². The molecule has 3 nitrogen and oxygen atoms in total. The Hall–Kier alpha value is -0.350. The van der Waals surface area contributed by atoms with Gasteiger partial charge in [0, 0.05) is 6.54 Å². The Morgan fingerprint density at radius 2 is 2.33 bits per heavy atom. The molecule has 0 aliphatic carbocycles. The van der Waals surface area contributed by atoms with Crippen molar-refractivity contribution in [3.05, 3.63) is 26.3 Å². The van der Waals surface area contributed by atoms with Crippen molar-refractivity contribution < 1.29 is 0 Å². The molecule has 0 bridgehead atoms. The molecule has 1 heterocycles. The Morgan fingerprint density at radius 3 is 2.93 bits per heavy atom. The highest BCUT2D eigenvalue weighted by molar-refractivity contribution is 9.10. The van der Waals surface area contributed by atoms with Gasteiger partial charge in [-0.05, 0) is 28.3 Å². The molecule has 0 fully saturated rings. The molecule has 1 rings (SSSR count). The number of hydrogen-bond donors (Lipinski definition) is 0. The molecule has 5 heteroatoms. The molecule has 1 aromatic rings. The van der Waals surface area contributed by atoms with Crippen LogP contribution in [0.2, 0.25) is 5.15 Å². The molecule has 1 aromatic heterocycles. The maximum atomic E-state index is 11.7. The highest BCUT2D eigenvalue weighted by Crippen LogP contribution is 2.14. The fourth-order valence-electron chi connectivity index (χ4n) is 1.49. The van der Waals surface area contributed by atoms with Gasteiger partial charge in [0.25, 0.3) is 5.56 Å². The Balaban J connectivity index is 2.87. The lowest BCUT2D eigenvalue weighted by Crippen LogP contribution is -2.24. The van der Waals surface area contributed by atoms with E-state index in [4.69, 9.17) is 11.6 Å². The van der Waals surface area contributed by atoms with Crippen LogP contribution in [0.15, 0.2) is 15.6 Å². The Bertz CT molecular complexity index is 391. The van der Waals surface area contributed by atoms with Gasteiger partial charge in [0.15, 0.2) is 5.15 Å². The average molecular weight is 294 g/mol. The van der Waals surface area contributed by atoms with Crippen molar-refractivity contribution in [1.82, 2.24) is 9.55 Å². The molecule has 0 amide bonds. The van der Waals surface area contributed by atoms with E-state index in [0.717, 1.165) is 12.8 Å². The van der Waals surface area contributed by atoms with Gasteiger partial charge < -0.3 is 0 Å². The first-order valence-corrected chi connectivity index (χ1v) is 6.13. The van der Waals surface area contributed by atoms with Crippen molar-refractivity contribution in [3.8, 4) is 0 Å². The minimum atomic E-state index is -0.113. The van der Waals surface area contributed by atoms with Crippen LogP contribution in [-0.2, 0) is 6.54 Å². The molecule has 0 aliphatic heterocycles. The summed E-state index contributed by atoms with van der Waals surface area (Å²) >= 11 is 8.84. The fraction of sp³-hybridized carbons (Fsp3) is 0.600. The van der Waals surface area contributed by atoms with Gasteiger partial charge in [-0.2, -0.15) is 0 Å². The second kappa shape index (κ2) is 5.66. The van der Waals surface area contributed by atoms with E-state index >= 15 is 0 Å². The van der Waals surface area contributed by atoms with Crippen LogP contribution in [0.5, 0.6) is 0 Å². The SMILES string of the molecule is CCCC(C)Cn1cnc(Cl)c(Br)c1=O. The second-order valence-corrected chi connectivity index (χ2v) is 4.85. The van der Waals surface area contributed by atoms with Crippen molar-refractivity contribution in [2.45, 2.75) is 33.2 Å². The summed E-state index contributed by atoms with van der Waals surface area (Å²) in [4.78, 5) is 15.7. The first kappa shape index (κ1) is 12.7. The van der Waals surface area contributed by atoms with E-state index in [2.05, 4.69) is 34.8 Å². The van der Waals surface area contributed by atoms with Crippen molar-refractivity contribution in [1.29, 1.82) is 0 Å². The first-order valence-electron chi connectivity index (χ1n) is 4.96. The largest absolute Gasteiger partial charge is 0.298 e. The quantitative estimate of drug-likeness (QED) is 0.800. The third kappa shape index (κ3) is 3.31. The monoisotopic (exact) mass is 292 g/mol. The summed E-state index contributed by atoms with van der Waals surface area (Å²) < 4.78 is 1.94. The highest BCUT2D eigenvalue weighted by atomic mass is 79.9. The molecule has 1 atom stereocenters. The van der Waals surface area contributed by atoms with Crippen LogP contribution in [0.4, 0.5) is 0 Å². The van der Waals surface area contributed by atoms with Crippen molar-refractivity contribution in [2.75, 3.05) is 0 Å². The smallest absolute Gasteiger partial charge is 0.269 e. The summed E-state index contributed by atoms with van der Waals surface area (Å²) in [5.41, 5.74) is -0.113. The van der Waals surface area contributed by atoms with Crippen molar-refractivity contribution in [3.63, 3.8) is 0 Å². The highest BCUT2D eigenvalue weighted by Gasteiger charge is 2.09.